The highest BCUT2D eigenvalue weighted by molar-refractivity contribution is 5.13. The van der Waals surface area contributed by atoms with E-state index in [-0.39, 0.29) is 0 Å². The fourth-order valence-corrected chi connectivity index (χ4v) is 1.85. The highest BCUT2D eigenvalue weighted by Crippen LogP contribution is 2.33. The molecule has 2 nitrogen and oxygen atoms in total. The van der Waals surface area contributed by atoms with Crippen LogP contribution < -0.4 is 5.32 Å². The van der Waals surface area contributed by atoms with Crippen molar-refractivity contribution in [1.82, 2.24) is 10.3 Å². The van der Waals surface area contributed by atoms with E-state index in [2.05, 4.69) is 30.2 Å². The molecule has 2 heteroatoms. The van der Waals surface area contributed by atoms with Crippen LogP contribution in [0.2, 0.25) is 0 Å². The Morgan fingerprint density at radius 2 is 2.21 bits per heavy atom. The van der Waals surface area contributed by atoms with Gasteiger partial charge in [-0.05, 0) is 44.2 Å². The average molecular weight is 190 g/mol. The van der Waals surface area contributed by atoms with Crippen molar-refractivity contribution in [2.75, 3.05) is 0 Å². The minimum Gasteiger partial charge on any atom is -0.307 e. The lowest BCUT2D eigenvalue weighted by Gasteiger charge is -2.19. The lowest BCUT2D eigenvalue weighted by molar-refractivity contribution is 0.441. The van der Waals surface area contributed by atoms with E-state index in [9.17, 15) is 0 Å². The first-order chi connectivity index (χ1) is 6.77. The molecule has 0 radical (unpaired) electrons. The van der Waals surface area contributed by atoms with Gasteiger partial charge in [-0.15, -0.1) is 0 Å². The Balaban J connectivity index is 1.91. The molecule has 1 fully saturated rings. The van der Waals surface area contributed by atoms with Gasteiger partial charge in [-0.2, -0.15) is 0 Å². The molecule has 2 atom stereocenters. The monoisotopic (exact) mass is 190 g/mol. The summed E-state index contributed by atoms with van der Waals surface area (Å²) in [5.74, 6) is 0.911. The summed E-state index contributed by atoms with van der Waals surface area (Å²) in [7, 11) is 0. The number of pyridine rings is 1. The maximum atomic E-state index is 4.13. The Kier molecular flexibility index (Phi) is 2.82. The third-order valence-electron chi connectivity index (χ3n) is 3.03. The molecule has 1 N–H and O–H groups in total. The fraction of sp³-hybridized carbons (Fsp3) is 0.583. The molecule has 0 aliphatic heterocycles. The number of hydrogen-bond donors (Lipinski definition) is 1. The second-order valence-electron chi connectivity index (χ2n) is 4.30. The Morgan fingerprint density at radius 1 is 1.43 bits per heavy atom. The van der Waals surface area contributed by atoms with E-state index in [4.69, 9.17) is 0 Å². The fourth-order valence-electron chi connectivity index (χ4n) is 1.85. The quantitative estimate of drug-likeness (QED) is 0.789. The largest absolute Gasteiger partial charge is 0.307 e. The first-order valence-corrected chi connectivity index (χ1v) is 5.43. The predicted molar refractivity (Wildman–Crippen MR) is 58.0 cm³/mol. The van der Waals surface area contributed by atoms with E-state index in [0.29, 0.717) is 12.1 Å². The van der Waals surface area contributed by atoms with Crippen LogP contribution >= 0.6 is 0 Å². The third kappa shape index (κ3) is 2.32. The number of rotatable bonds is 4. The van der Waals surface area contributed by atoms with E-state index in [0.717, 1.165) is 5.92 Å². The van der Waals surface area contributed by atoms with Crippen molar-refractivity contribution in [3.05, 3.63) is 30.1 Å². The highest BCUT2D eigenvalue weighted by atomic mass is 15.0. The Bertz CT molecular complexity index is 280. The summed E-state index contributed by atoms with van der Waals surface area (Å²) in [6.45, 7) is 4.49. The molecular weight excluding hydrogens is 172 g/mol. The second-order valence-corrected chi connectivity index (χ2v) is 4.30. The molecule has 0 bridgehead atoms. The lowest BCUT2D eigenvalue weighted by atomic mass is 10.1. The summed E-state index contributed by atoms with van der Waals surface area (Å²) in [5.41, 5.74) is 1.28. The molecule has 76 valence electrons. The van der Waals surface area contributed by atoms with Crippen LogP contribution in [0.4, 0.5) is 0 Å². The smallest absolute Gasteiger partial charge is 0.0315 e. The summed E-state index contributed by atoms with van der Waals surface area (Å²) in [6, 6.07) is 5.18. The van der Waals surface area contributed by atoms with Gasteiger partial charge in [-0.25, -0.2) is 0 Å². The van der Waals surface area contributed by atoms with Gasteiger partial charge >= 0.3 is 0 Å². The second kappa shape index (κ2) is 4.09. The van der Waals surface area contributed by atoms with Gasteiger partial charge in [0.1, 0.15) is 0 Å². The molecule has 0 spiro atoms. The molecule has 2 rings (SSSR count). The molecular formula is C12H18N2. The van der Waals surface area contributed by atoms with Crippen molar-refractivity contribution in [3.63, 3.8) is 0 Å². The van der Waals surface area contributed by atoms with Gasteiger partial charge in [0, 0.05) is 24.5 Å². The predicted octanol–water partition coefficient (Wildman–Crippen LogP) is 2.53. The zero-order chi connectivity index (χ0) is 9.97. The van der Waals surface area contributed by atoms with Gasteiger partial charge in [0.15, 0.2) is 0 Å². The Morgan fingerprint density at radius 3 is 2.79 bits per heavy atom. The van der Waals surface area contributed by atoms with Crippen LogP contribution in [0.15, 0.2) is 24.5 Å². The van der Waals surface area contributed by atoms with Crippen LogP contribution in [-0.2, 0) is 0 Å². The molecule has 14 heavy (non-hydrogen) atoms. The van der Waals surface area contributed by atoms with Crippen molar-refractivity contribution < 1.29 is 0 Å². The summed E-state index contributed by atoms with van der Waals surface area (Å²) in [4.78, 5) is 4.13. The van der Waals surface area contributed by atoms with Gasteiger partial charge in [-0.3, -0.25) is 4.98 Å². The molecule has 0 saturated heterocycles. The summed E-state index contributed by atoms with van der Waals surface area (Å²) >= 11 is 0. The van der Waals surface area contributed by atoms with Gasteiger partial charge < -0.3 is 5.32 Å². The van der Waals surface area contributed by atoms with Crippen LogP contribution in [-0.4, -0.2) is 11.0 Å². The maximum absolute atomic E-state index is 4.13. The SMILES string of the molecule is CC(N[C@@H](C)c1cccnc1)C1CC1. The van der Waals surface area contributed by atoms with Gasteiger partial charge in [0.05, 0.1) is 0 Å². The number of nitrogens with one attached hydrogen (secondary N) is 1. The Hall–Kier alpha value is -0.890. The van der Waals surface area contributed by atoms with Crippen LogP contribution in [0.3, 0.4) is 0 Å². The number of hydrogen-bond acceptors (Lipinski definition) is 2. The molecule has 0 amide bonds. The van der Waals surface area contributed by atoms with Crippen molar-refractivity contribution in [2.24, 2.45) is 5.92 Å². The zero-order valence-electron chi connectivity index (χ0n) is 8.90. The summed E-state index contributed by atoms with van der Waals surface area (Å²) in [6.07, 6.45) is 6.56. The minimum absolute atomic E-state index is 0.416. The zero-order valence-corrected chi connectivity index (χ0v) is 8.90. The van der Waals surface area contributed by atoms with E-state index < -0.39 is 0 Å². The molecule has 1 aromatic heterocycles. The number of nitrogens with zero attached hydrogens (tertiary/aromatic N) is 1. The normalized spacial score (nSPS) is 20.4. The lowest BCUT2D eigenvalue weighted by Crippen LogP contribution is -2.30. The molecule has 1 aromatic rings. The van der Waals surface area contributed by atoms with Crippen LogP contribution in [0.25, 0.3) is 0 Å². The minimum atomic E-state index is 0.416. The van der Waals surface area contributed by atoms with E-state index in [1.165, 1.54) is 18.4 Å². The van der Waals surface area contributed by atoms with Crippen molar-refractivity contribution >= 4 is 0 Å². The molecule has 1 aliphatic carbocycles. The molecule has 0 aromatic carbocycles. The van der Waals surface area contributed by atoms with Crippen LogP contribution in [0.5, 0.6) is 0 Å². The van der Waals surface area contributed by atoms with E-state index in [1.807, 2.05) is 18.5 Å². The van der Waals surface area contributed by atoms with Crippen molar-refractivity contribution in [3.8, 4) is 0 Å². The van der Waals surface area contributed by atoms with Gasteiger partial charge in [0.25, 0.3) is 0 Å². The highest BCUT2D eigenvalue weighted by Gasteiger charge is 2.28. The first kappa shape index (κ1) is 9.66. The topological polar surface area (TPSA) is 24.9 Å². The van der Waals surface area contributed by atoms with Crippen LogP contribution in [0.1, 0.15) is 38.3 Å². The molecule has 1 aliphatic rings. The number of aromatic nitrogens is 1. The van der Waals surface area contributed by atoms with Gasteiger partial charge in [-0.1, -0.05) is 6.07 Å². The Labute approximate surface area is 85.7 Å². The molecule has 1 heterocycles. The summed E-state index contributed by atoms with van der Waals surface area (Å²) < 4.78 is 0. The van der Waals surface area contributed by atoms with Crippen LogP contribution in [0, 0.1) is 5.92 Å². The van der Waals surface area contributed by atoms with Crippen molar-refractivity contribution in [1.29, 1.82) is 0 Å². The van der Waals surface area contributed by atoms with Gasteiger partial charge in [0.2, 0.25) is 0 Å². The van der Waals surface area contributed by atoms with Crippen molar-refractivity contribution in [2.45, 2.75) is 38.8 Å². The van der Waals surface area contributed by atoms with E-state index >= 15 is 0 Å². The molecule has 1 unspecified atom stereocenters. The third-order valence-corrected chi connectivity index (χ3v) is 3.03. The van der Waals surface area contributed by atoms with E-state index in [1.54, 1.807) is 0 Å². The molecule has 1 saturated carbocycles. The summed E-state index contributed by atoms with van der Waals surface area (Å²) in [5, 5.41) is 3.62. The average Bonchev–Trinajstić information content (AvgIpc) is 3.02. The maximum Gasteiger partial charge on any atom is 0.0315 e. The standard InChI is InChI=1S/C12H18N2/c1-9(11-5-6-11)14-10(2)12-4-3-7-13-8-12/h3-4,7-11,14H,5-6H2,1-2H3/t9?,10-/m0/s1. The first-order valence-electron chi connectivity index (χ1n) is 5.43.